The Morgan fingerprint density at radius 3 is 2.67 bits per heavy atom. The molecule has 0 aliphatic carbocycles. The normalized spacial score (nSPS) is 11.2. The highest BCUT2D eigenvalue weighted by Gasteiger charge is 2.04. The molecule has 4 heteroatoms. The average molecular weight is 246 g/mol. The molecule has 98 valence electrons. The molecule has 4 nitrogen and oxygen atoms in total. The van der Waals surface area contributed by atoms with E-state index >= 15 is 0 Å². The van der Waals surface area contributed by atoms with Gasteiger partial charge in [0.1, 0.15) is 0 Å². The first-order chi connectivity index (χ1) is 8.83. The second-order valence-electron chi connectivity index (χ2n) is 4.80. The van der Waals surface area contributed by atoms with Crippen LogP contribution in [-0.2, 0) is 6.54 Å². The van der Waals surface area contributed by atoms with Crippen molar-refractivity contribution in [1.29, 1.82) is 0 Å². The fourth-order valence-electron chi connectivity index (χ4n) is 2.23. The molecule has 18 heavy (non-hydrogen) atoms. The molecule has 0 aromatic carbocycles. The molecule has 0 unspecified atom stereocenters. The number of hydrogen-bond donors (Lipinski definition) is 1. The van der Waals surface area contributed by atoms with E-state index in [0.29, 0.717) is 5.69 Å². The summed E-state index contributed by atoms with van der Waals surface area (Å²) in [4.78, 5) is 4.13. The number of rotatable bonds is 7. The van der Waals surface area contributed by atoms with Gasteiger partial charge in [0.15, 0.2) is 0 Å². The van der Waals surface area contributed by atoms with E-state index in [0.717, 1.165) is 17.4 Å². The number of nitrogen functional groups attached to an aromatic ring is 1. The Kier molecular flexibility index (Phi) is 4.56. The fourth-order valence-corrected chi connectivity index (χ4v) is 2.23. The Morgan fingerprint density at radius 2 is 1.83 bits per heavy atom. The van der Waals surface area contributed by atoms with Crippen LogP contribution < -0.4 is 5.73 Å². The number of fused-ring (bicyclic) bond motifs is 1. The van der Waals surface area contributed by atoms with Crippen molar-refractivity contribution in [2.75, 3.05) is 5.73 Å². The lowest BCUT2D eigenvalue weighted by Gasteiger charge is -2.04. The van der Waals surface area contributed by atoms with E-state index in [1.54, 1.807) is 6.20 Å². The molecule has 2 aromatic heterocycles. The zero-order chi connectivity index (χ0) is 12.8. The zero-order valence-corrected chi connectivity index (χ0v) is 11.1. The molecule has 0 saturated heterocycles. The Morgan fingerprint density at radius 1 is 1.06 bits per heavy atom. The highest BCUT2D eigenvalue weighted by atomic mass is 15.3. The minimum absolute atomic E-state index is 0.710. The average Bonchev–Trinajstić information content (AvgIpc) is 2.79. The van der Waals surface area contributed by atoms with Crippen LogP contribution in [0.25, 0.3) is 10.9 Å². The minimum atomic E-state index is 0.710. The first kappa shape index (κ1) is 12.9. The SMILES string of the molecule is CCCCCCCCn1ncc2c(N)cncc21. The van der Waals surface area contributed by atoms with Crippen LogP contribution in [0.3, 0.4) is 0 Å². The summed E-state index contributed by atoms with van der Waals surface area (Å²) >= 11 is 0. The van der Waals surface area contributed by atoms with Gasteiger partial charge in [0.2, 0.25) is 0 Å². The summed E-state index contributed by atoms with van der Waals surface area (Å²) in [5.41, 5.74) is 7.62. The van der Waals surface area contributed by atoms with Crippen LogP contribution >= 0.6 is 0 Å². The van der Waals surface area contributed by atoms with Crippen molar-refractivity contribution in [2.24, 2.45) is 0 Å². The Labute approximate surface area is 108 Å². The van der Waals surface area contributed by atoms with Crippen LogP contribution in [0.4, 0.5) is 5.69 Å². The van der Waals surface area contributed by atoms with Gasteiger partial charge in [0.05, 0.1) is 29.8 Å². The molecule has 0 aliphatic heterocycles. The Bertz CT molecular complexity index is 489. The van der Waals surface area contributed by atoms with Crippen molar-refractivity contribution in [3.8, 4) is 0 Å². The van der Waals surface area contributed by atoms with Gasteiger partial charge in [0.25, 0.3) is 0 Å². The molecule has 0 amide bonds. The third kappa shape index (κ3) is 3.00. The molecule has 0 bridgehead atoms. The highest BCUT2D eigenvalue weighted by Crippen LogP contribution is 2.19. The van der Waals surface area contributed by atoms with E-state index in [-0.39, 0.29) is 0 Å². The molecule has 2 rings (SSSR count). The zero-order valence-electron chi connectivity index (χ0n) is 11.1. The summed E-state index contributed by atoms with van der Waals surface area (Å²) in [7, 11) is 0. The maximum Gasteiger partial charge on any atom is 0.0886 e. The maximum atomic E-state index is 5.86. The molecule has 0 spiro atoms. The Balaban J connectivity index is 1.86. The van der Waals surface area contributed by atoms with E-state index in [2.05, 4.69) is 17.0 Å². The standard InChI is InChI=1S/C14H22N4/c1-2-3-4-5-6-7-8-18-14-11-16-10-13(15)12(14)9-17-18/h9-11H,2-8,15H2,1H3. The predicted molar refractivity (Wildman–Crippen MR) is 75.3 cm³/mol. The van der Waals surface area contributed by atoms with Gasteiger partial charge < -0.3 is 5.73 Å². The molecule has 0 aliphatic rings. The maximum absolute atomic E-state index is 5.86. The number of unbranched alkanes of at least 4 members (excludes halogenated alkanes) is 5. The van der Waals surface area contributed by atoms with Gasteiger partial charge in [-0.3, -0.25) is 9.67 Å². The topological polar surface area (TPSA) is 56.7 Å². The predicted octanol–water partition coefficient (Wildman–Crippen LogP) is 3.37. The van der Waals surface area contributed by atoms with Crippen molar-refractivity contribution >= 4 is 16.6 Å². The molecule has 0 radical (unpaired) electrons. The number of nitrogens with zero attached hydrogens (tertiary/aromatic N) is 3. The molecule has 0 fully saturated rings. The van der Waals surface area contributed by atoms with Crippen molar-refractivity contribution < 1.29 is 0 Å². The number of aryl methyl sites for hydroxylation is 1. The molecular formula is C14H22N4. The van der Waals surface area contributed by atoms with Crippen LogP contribution in [0.1, 0.15) is 45.4 Å². The fraction of sp³-hybridized carbons (Fsp3) is 0.571. The molecular weight excluding hydrogens is 224 g/mol. The van der Waals surface area contributed by atoms with Gasteiger partial charge in [-0.1, -0.05) is 39.0 Å². The van der Waals surface area contributed by atoms with Gasteiger partial charge >= 0.3 is 0 Å². The number of nitrogens with two attached hydrogens (primary N) is 1. The largest absolute Gasteiger partial charge is 0.397 e. The number of anilines is 1. The smallest absolute Gasteiger partial charge is 0.0886 e. The number of aromatic nitrogens is 3. The second-order valence-corrected chi connectivity index (χ2v) is 4.80. The van der Waals surface area contributed by atoms with Gasteiger partial charge in [-0.15, -0.1) is 0 Å². The van der Waals surface area contributed by atoms with Gasteiger partial charge in [-0.05, 0) is 6.42 Å². The summed E-state index contributed by atoms with van der Waals surface area (Å²) in [6.45, 7) is 3.20. The lowest BCUT2D eigenvalue weighted by atomic mass is 10.1. The van der Waals surface area contributed by atoms with Crippen molar-refractivity contribution in [3.05, 3.63) is 18.6 Å². The summed E-state index contributed by atoms with van der Waals surface area (Å²) in [5, 5.41) is 5.40. The summed E-state index contributed by atoms with van der Waals surface area (Å²) in [5.74, 6) is 0. The third-order valence-electron chi connectivity index (χ3n) is 3.33. The van der Waals surface area contributed by atoms with Gasteiger partial charge in [-0.25, -0.2) is 0 Å². The molecule has 2 aromatic rings. The summed E-state index contributed by atoms with van der Waals surface area (Å²) in [6, 6.07) is 0. The van der Waals surface area contributed by atoms with Crippen molar-refractivity contribution in [3.63, 3.8) is 0 Å². The van der Waals surface area contributed by atoms with Crippen LogP contribution in [0.2, 0.25) is 0 Å². The summed E-state index contributed by atoms with van der Waals surface area (Å²) in [6.07, 6.45) is 13.1. The number of hydrogen-bond acceptors (Lipinski definition) is 3. The lowest BCUT2D eigenvalue weighted by molar-refractivity contribution is 0.537. The first-order valence-electron chi connectivity index (χ1n) is 6.88. The molecule has 2 heterocycles. The van der Waals surface area contributed by atoms with E-state index in [1.165, 1.54) is 38.5 Å². The summed E-state index contributed by atoms with van der Waals surface area (Å²) < 4.78 is 2.01. The van der Waals surface area contributed by atoms with Crippen LogP contribution in [0, 0.1) is 0 Å². The van der Waals surface area contributed by atoms with Crippen LogP contribution in [-0.4, -0.2) is 14.8 Å². The monoisotopic (exact) mass is 246 g/mol. The quantitative estimate of drug-likeness (QED) is 0.762. The van der Waals surface area contributed by atoms with Gasteiger partial charge in [-0.2, -0.15) is 5.10 Å². The third-order valence-corrected chi connectivity index (χ3v) is 3.33. The van der Waals surface area contributed by atoms with E-state index < -0.39 is 0 Å². The van der Waals surface area contributed by atoms with E-state index in [9.17, 15) is 0 Å². The molecule has 0 atom stereocenters. The second kappa shape index (κ2) is 6.38. The highest BCUT2D eigenvalue weighted by molar-refractivity contribution is 5.88. The van der Waals surface area contributed by atoms with Crippen LogP contribution in [0.5, 0.6) is 0 Å². The lowest BCUT2D eigenvalue weighted by Crippen LogP contribution is -2.00. The number of pyridine rings is 1. The minimum Gasteiger partial charge on any atom is -0.397 e. The molecule has 2 N–H and O–H groups in total. The van der Waals surface area contributed by atoms with Crippen molar-refractivity contribution in [1.82, 2.24) is 14.8 Å². The van der Waals surface area contributed by atoms with Crippen molar-refractivity contribution in [2.45, 2.75) is 52.0 Å². The van der Waals surface area contributed by atoms with E-state index in [4.69, 9.17) is 5.73 Å². The van der Waals surface area contributed by atoms with Crippen LogP contribution in [0.15, 0.2) is 18.6 Å². The first-order valence-corrected chi connectivity index (χ1v) is 6.88. The molecule has 0 saturated carbocycles. The van der Waals surface area contributed by atoms with E-state index in [1.807, 2.05) is 17.1 Å². The Hall–Kier alpha value is -1.58. The van der Waals surface area contributed by atoms with Gasteiger partial charge in [0, 0.05) is 11.9 Å².